The van der Waals surface area contributed by atoms with Gasteiger partial charge in [-0.3, -0.25) is 0 Å². The minimum atomic E-state index is 0.947. The Morgan fingerprint density at radius 3 is 1.50 bits per heavy atom. The van der Waals surface area contributed by atoms with Crippen LogP contribution in [0.3, 0.4) is 0 Å². The topological polar surface area (TPSA) is 18.5 Å². The Bertz CT molecular complexity index is 706. The summed E-state index contributed by atoms with van der Waals surface area (Å²) in [4.78, 5) is 0. The molecule has 0 radical (unpaired) electrons. The summed E-state index contributed by atoms with van der Waals surface area (Å²) < 4.78 is 10.8. The standard InChI is InChI=1S/C20H20O2/c1-21-15-7-3-13-5-9-17(19(13)11-15)18-10-6-14-4-8-16(22-2)12-20(14)18/h3-4,7-8,11-12H,5-6,9-10H2,1-2H3/b18-17-. The smallest absolute Gasteiger partial charge is 0.119 e. The van der Waals surface area contributed by atoms with Gasteiger partial charge in [0.2, 0.25) is 0 Å². The van der Waals surface area contributed by atoms with Crippen LogP contribution in [0.2, 0.25) is 0 Å². The zero-order chi connectivity index (χ0) is 15.1. The fourth-order valence-corrected chi connectivity index (χ4v) is 3.78. The molecule has 0 saturated heterocycles. The van der Waals surface area contributed by atoms with Crippen molar-refractivity contribution in [1.82, 2.24) is 0 Å². The van der Waals surface area contributed by atoms with Crippen LogP contribution >= 0.6 is 0 Å². The Kier molecular flexibility index (Phi) is 3.18. The fraction of sp³-hybridized carbons (Fsp3) is 0.300. The van der Waals surface area contributed by atoms with E-state index in [1.54, 1.807) is 14.2 Å². The van der Waals surface area contributed by atoms with Crippen molar-refractivity contribution in [2.24, 2.45) is 0 Å². The third-order valence-electron chi connectivity index (χ3n) is 4.94. The molecule has 4 rings (SSSR count). The van der Waals surface area contributed by atoms with Gasteiger partial charge < -0.3 is 9.47 Å². The number of hydrogen-bond acceptors (Lipinski definition) is 2. The van der Waals surface area contributed by atoms with Gasteiger partial charge in [0.25, 0.3) is 0 Å². The molecular weight excluding hydrogens is 272 g/mol. The van der Waals surface area contributed by atoms with Crippen LogP contribution in [0, 0.1) is 0 Å². The first-order chi connectivity index (χ1) is 10.8. The number of benzene rings is 2. The van der Waals surface area contributed by atoms with E-state index in [-0.39, 0.29) is 0 Å². The van der Waals surface area contributed by atoms with Crippen molar-refractivity contribution in [3.05, 3.63) is 58.7 Å². The van der Waals surface area contributed by atoms with Crippen LogP contribution in [-0.2, 0) is 12.8 Å². The van der Waals surface area contributed by atoms with Crippen LogP contribution in [0.15, 0.2) is 36.4 Å². The van der Waals surface area contributed by atoms with Gasteiger partial charge in [-0.15, -0.1) is 0 Å². The van der Waals surface area contributed by atoms with Gasteiger partial charge in [0.1, 0.15) is 11.5 Å². The zero-order valence-electron chi connectivity index (χ0n) is 13.1. The van der Waals surface area contributed by atoms with E-state index in [0.717, 1.165) is 37.2 Å². The summed E-state index contributed by atoms with van der Waals surface area (Å²) in [6, 6.07) is 13.0. The van der Waals surface area contributed by atoms with Crippen molar-refractivity contribution in [2.45, 2.75) is 25.7 Å². The molecule has 0 bridgehead atoms. The van der Waals surface area contributed by atoms with E-state index in [9.17, 15) is 0 Å². The molecule has 22 heavy (non-hydrogen) atoms. The van der Waals surface area contributed by atoms with Gasteiger partial charge in [0, 0.05) is 0 Å². The van der Waals surface area contributed by atoms with E-state index in [1.807, 2.05) is 0 Å². The lowest BCUT2D eigenvalue weighted by Gasteiger charge is -2.10. The largest absolute Gasteiger partial charge is 0.497 e. The highest BCUT2D eigenvalue weighted by Crippen LogP contribution is 2.45. The quantitative estimate of drug-likeness (QED) is 0.811. The summed E-state index contributed by atoms with van der Waals surface area (Å²) in [5.41, 5.74) is 8.65. The van der Waals surface area contributed by atoms with E-state index in [1.165, 1.54) is 33.4 Å². The highest BCUT2D eigenvalue weighted by molar-refractivity contribution is 5.96. The molecule has 0 fully saturated rings. The number of ether oxygens (including phenoxy) is 2. The van der Waals surface area contributed by atoms with Gasteiger partial charge in [0.05, 0.1) is 14.2 Å². The number of hydrogen-bond donors (Lipinski definition) is 0. The van der Waals surface area contributed by atoms with Gasteiger partial charge in [0.15, 0.2) is 0 Å². The molecule has 2 aliphatic carbocycles. The van der Waals surface area contributed by atoms with Gasteiger partial charge in [-0.2, -0.15) is 0 Å². The molecule has 112 valence electrons. The molecule has 2 heteroatoms. The minimum absolute atomic E-state index is 0.947. The Morgan fingerprint density at radius 1 is 0.636 bits per heavy atom. The molecular formula is C20H20O2. The first-order valence-electron chi connectivity index (χ1n) is 7.87. The minimum Gasteiger partial charge on any atom is -0.497 e. The molecule has 0 unspecified atom stereocenters. The monoisotopic (exact) mass is 292 g/mol. The molecule has 0 atom stereocenters. The predicted octanol–water partition coefficient (Wildman–Crippen LogP) is 4.51. The third kappa shape index (κ3) is 2.02. The Labute approximate surface area is 131 Å². The lowest BCUT2D eigenvalue weighted by atomic mass is 9.97. The van der Waals surface area contributed by atoms with E-state index in [2.05, 4.69) is 36.4 Å². The van der Waals surface area contributed by atoms with E-state index >= 15 is 0 Å². The van der Waals surface area contributed by atoms with Crippen molar-refractivity contribution < 1.29 is 9.47 Å². The molecule has 0 heterocycles. The summed E-state index contributed by atoms with van der Waals surface area (Å²) in [5.74, 6) is 1.89. The van der Waals surface area contributed by atoms with E-state index in [0.29, 0.717) is 0 Å². The molecule has 2 aliphatic rings. The van der Waals surface area contributed by atoms with Crippen LogP contribution in [0.5, 0.6) is 11.5 Å². The number of fused-ring (bicyclic) bond motifs is 2. The highest BCUT2D eigenvalue weighted by Gasteiger charge is 2.25. The van der Waals surface area contributed by atoms with Crippen molar-refractivity contribution in [3.63, 3.8) is 0 Å². The summed E-state index contributed by atoms with van der Waals surface area (Å²) >= 11 is 0. The zero-order valence-corrected chi connectivity index (χ0v) is 13.1. The van der Waals surface area contributed by atoms with Gasteiger partial charge >= 0.3 is 0 Å². The lowest BCUT2D eigenvalue weighted by Crippen LogP contribution is -1.90. The van der Waals surface area contributed by atoms with Crippen molar-refractivity contribution >= 4 is 11.1 Å². The number of allylic oxidation sites excluding steroid dienone is 2. The first-order valence-corrected chi connectivity index (χ1v) is 7.87. The second-order valence-electron chi connectivity index (χ2n) is 6.00. The van der Waals surface area contributed by atoms with Crippen LogP contribution in [0.25, 0.3) is 11.1 Å². The van der Waals surface area contributed by atoms with Crippen LogP contribution in [0.4, 0.5) is 0 Å². The third-order valence-corrected chi connectivity index (χ3v) is 4.94. The van der Waals surface area contributed by atoms with Crippen LogP contribution in [0.1, 0.15) is 35.1 Å². The summed E-state index contributed by atoms with van der Waals surface area (Å²) in [6.45, 7) is 0. The molecule has 2 aromatic rings. The molecule has 2 nitrogen and oxygen atoms in total. The van der Waals surface area contributed by atoms with Crippen LogP contribution in [-0.4, -0.2) is 14.2 Å². The maximum absolute atomic E-state index is 5.41. The SMILES string of the molecule is COc1ccc2c(c1)/C(=C1/CCc3ccc(OC)cc31)CC2. The normalized spacial score (nSPS) is 19.0. The maximum atomic E-state index is 5.41. The highest BCUT2D eigenvalue weighted by atomic mass is 16.5. The van der Waals surface area contributed by atoms with E-state index in [4.69, 9.17) is 9.47 Å². The molecule has 0 amide bonds. The molecule has 0 aromatic heterocycles. The summed E-state index contributed by atoms with van der Waals surface area (Å²) in [5, 5.41) is 0. The van der Waals surface area contributed by atoms with Crippen molar-refractivity contribution in [1.29, 1.82) is 0 Å². The van der Waals surface area contributed by atoms with Crippen LogP contribution < -0.4 is 9.47 Å². The van der Waals surface area contributed by atoms with Gasteiger partial charge in [-0.1, -0.05) is 12.1 Å². The molecule has 0 saturated carbocycles. The average molecular weight is 292 g/mol. The second kappa shape index (κ2) is 5.20. The molecule has 0 aliphatic heterocycles. The predicted molar refractivity (Wildman–Crippen MR) is 89.4 cm³/mol. The van der Waals surface area contributed by atoms with Gasteiger partial charge in [-0.05, 0) is 83.3 Å². The number of methoxy groups -OCH3 is 2. The second-order valence-corrected chi connectivity index (χ2v) is 6.00. The number of aryl methyl sites for hydroxylation is 2. The first kappa shape index (κ1) is 13.4. The maximum Gasteiger partial charge on any atom is 0.119 e. The Morgan fingerprint density at radius 2 is 1.09 bits per heavy atom. The molecule has 2 aromatic carbocycles. The van der Waals surface area contributed by atoms with Gasteiger partial charge in [-0.25, -0.2) is 0 Å². The average Bonchev–Trinajstić information content (AvgIpc) is 3.16. The summed E-state index contributed by atoms with van der Waals surface area (Å²) in [6.07, 6.45) is 4.54. The van der Waals surface area contributed by atoms with Crippen molar-refractivity contribution in [3.8, 4) is 11.5 Å². The molecule has 0 spiro atoms. The van der Waals surface area contributed by atoms with E-state index < -0.39 is 0 Å². The Balaban J connectivity index is 1.87. The van der Waals surface area contributed by atoms with Crippen molar-refractivity contribution in [2.75, 3.05) is 14.2 Å². The number of rotatable bonds is 2. The summed E-state index contributed by atoms with van der Waals surface area (Å²) in [7, 11) is 3.47. The Hall–Kier alpha value is -2.22. The molecule has 0 N–H and O–H groups in total. The lowest BCUT2D eigenvalue weighted by molar-refractivity contribution is 0.414. The fourth-order valence-electron chi connectivity index (χ4n) is 3.78.